The molecule has 4 rings (SSSR count). The number of aryl methyl sites for hydroxylation is 1. The van der Waals surface area contributed by atoms with Crippen molar-refractivity contribution in [2.24, 2.45) is 7.05 Å². The van der Waals surface area contributed by atoms with Crippen LogP contribution in [-0.4, -0.2) is 30.1 Å². The molecular weight excluding hydrogens is 485 g/mol. The van der Waals surface area contributed by atoms with E-state index >= 15 is 0 Å². The molecule has 4 aromatic heterocycles. The van der Waals surface area contributed by atoms with Gasteiger partial charge in [0.15, 0.2) is 5.82 Å². The number of thioether (sulfide) groups is 1. The first-order valence-corrected chi connectivity index (χ1v) is 11.4. The Morgan fingerprint density at radius 3 is 2.45 bits per heavy atom. The summed E-state index contributed by atoms with van der Waals surface area (Å²) in [6.45, 7) is 2.66. The molecule has 0 radical (unpaired) electrons. The third kappa shape index (κ3) is 4.38. The van der Waals surface area contributed by atoms with E-state index in [0.717, 1.165) is 28.9 Å². The Morgan fingerprint density at radius 2 is 1.85 bits per heavy atom. The molecule has 4 aromatic rings. The minimum absolute atomic E-state index is 0.0103. The van der Waals surface area contributed by atoms with Gasteiger partial charge >= 0.3 is 6.18 Å². The number of aromatic nitrogens is 5. The number of rotatable bonds is 5. The number of alkyl halides is 5. The first-order valence-electron chi connectivity index (χ1n) is 9.56. The third-order valence-corrected chi connectivity index (χ3v) is 6.76. The molecule has 0 unspecified atom stereocenters. The Bertz CT molecular complexity index is 1400. The molecule has 0 aliphatic carbocycles. The van der Waals surface area contributed by atoms with Gasteiger partial charge in [0.25, 0.3) is 11.5 Å². The molecule has 33 heavy (non-hydrogen) atoms. The number of thiazole rings is 1. The molecule has 0 amide bonds. The molecule has 0 fully saturated rings. The highest BCUT2D eigenvalue weighted by molar-refractivity contribution is 7.99. The van der Waals surface area contributed by atoms with Gasteiger partial charge in [0.2, 0.25) is 0 Å². The van der Waals surface area contributed by atoms with Gasteiger partial charge in [-0.3, -0.25) is 4.79 Å². The number of pyridine rings is 2. The third-order valence-electron chi connectivity index (χ3n) is 4.68. The van der Waals surface area contributed by atoms with Crippen LogP contribution in [-0.2, 0) is 19.1 Å². The first kappa shape index (κ1) is 23.4. The molecule has 0 N–H and O–H groups in total. The maximum Gasteiger partial charge on any atom is 0.421 e. The summed E-state index contributed by atoms with van der Waals surface area (Å²) in [7, 11) is 1.25. The smallest absolute Gasteiger partial charge is 0.301 e. The zero-order chi connectivity index (χ0) is 24.1. The van der Waals surface area contributed by atoms with Gasteiger partial charge in [0.1, 0.15) is 26.8 Å². The van der Waals surface area contributed by atoms with Crippen LogP contribution in [0.2, 0.25) is 0 Å². The summed E-state index contributed by atoms with van der Waals surface area (Å²) < 4.78 is 69.1. The van der Waals surface area contributed by atoms with Crippen LogP contribution in [0.25, 0.3) is 26.9 Å². The van der Waals surface area contributed by atoms with Crippen molar-refractivity contribution in [1.29, 1.82) is 0 Å². The van der Waals surface area contributed by atoms with Crippen LogP contribution in [0.3, 0.4) is 0 Å². The average Bonchev–Trinajstić information content (AvgIpc) is 3.38. The van der Waals surface area contributed by atoms with Gasteiger partial charge in [0.05, 0.1) is 5.52 Å². The van der Waals surface area contributed by atoms with Crippen molar-refractivity contribution in [3.8, 4) is 16.5 Å². The monoisotopic (exact) mass is 501 g/mol. The normalized spacial score (nSPS) is 12.6. The zero-order valence-electron chi connectivity index (χ0n) is 17.4. The fraction of sp³-hybridized carbons (Fsp3) is 0.300. The summed E-state index contributed by atoms with van der Waals surface area (Å²) in [6, 6.07) is 5.25. The highest BCUT2D eigenvalue weighted by Crippen LogP contribution is 2.37. The van der Waals surface area contributed by atoms with Crippen molar-refractivity contribution < 1.29 is 22.0 Å². The van der Waals surface area contributed by atoms with Gasteiger partial charge in [-0.25, -0.2) is 14.6 Å². The van der Waals surface area contributed by atoms with Gasteiger partial charge in [0, 0.05) is 25.1 Å². The van der Waals surface area contributed by atoms with Crippen LogP contribution in [0.15, 0.2) is 40.2 Å². The number of fused-ring (bicyclic) bond motifs is 1. The first-order chi connectivity index (χ1) is 15.4. The Labute approximate surface area is 192 Å². The summed E-state index contributed by atoms with van der Waals surface area (Å²) in [5.41, 5.74) is -2.52. The van der Waals surface area contributed by atoms with E-state index < -0.39 is 28.9 Å². The molecule has 0 bridgehead atoms. The van der Waals surface area contributed by atoms with Crippen molar-refractivity contribution in [1.82, 2.24) is 24.3 Å². The van der Waals surface area contributed by atoms with Crippen LogP contribution >= 0.6 is 23.1 Å². The second-order valence-corrected chi connectivity index (χ2v) is 9.40. The number of hydrogen-bond donors (Lipinski definition) is 0. The summed E-state index contributed by atoms with van der Waals surface area (Å²) in [5.74, 6) is -2.20. The van der Waals surface area contributed by atoms with Crippen molar-refractivity contribution in [2.45, 2.75) is 30.8 Å². The standard InChI is InChI=1S/C20H16F5N5OS2/c1-4-32-12-5-6-14(30-8-7-13(28-30)19(2,21)22)27-15(12)16-26-11-9-10(20(23,24)25)17(31)29(3)18(11)33-16/h5-9H,4H2,1-3H3. The van der Waals surface area contributed by atoms with Crippen molar-refractivity contribution in [2.75, 3.05) is 5.75 Å². The molecule has 0 saturated carbocycles. The minimum atomic E-state index is -4.81. The predicted molar refractivity (Wildman–Crippen MR) is 116 cm³/mol. The molecule has 0 aliphatic rings. The maximum absolute atomic E-state index is 13.6. The number of halogens is 5. The topological polar surface area (TPSA) is 65.6 Å². The predicted octanol–water partition coefficient (Wildman–Crippen LogP) is 5.49. The van der Waals surface area contributed by atoms with Gasteiger partial charge < -0.3 is 4.57 Å². The molecule has 0 aliphatic heterocycles. The maximum atomic E-state index is 13.6. The van der Waals surface area contributed by atoms with Crippen LogP contribution < -0.4 is 5.56 Å². The van der Waals surface area contributed by atoms with E-state index in [1.807, 2.05) is 6.92 Å². The van der Waals surface area contributed by atoms with Crippen molar-refractivity contribution in [3.05, 3.63) is 52.1 Å². The van der Waals surface area contributed by atoms with Gasteiger partial charge in [-0.2, -0.15) is 27.1 Å². The molecule has 0 atom stereocenters. The van der Waals surface area contributed by atoms with Crippen molar-refractivity contribution >= 4 is 33.4 Å². The van der Waals surface area contributed by atoms with E-state index in [4.69, 9.17) is 0 Å². The van der Waals surface area contributed by atoms with E-state index in [-0.39, 0.29) is 16.2 Å². The molecule has 0 spiro atoms. The highest BCUT2D eigenvalue weighted by Gasteiger charge is 2.35. The number of hydrogen-bond acceptors (Lipinski definition) is 6. The quantitative estimate of drug-likeness (QED) is 0.268. The SMILES string of the molecule is CCSc1ccc(-n2ccc(C(C)(F)F)n2)nc1-c1nc2cc(C(F)(F)F)c(=O)n(C)c2s1. The van der Waals surface area contributed by atoms with Crippen LogP contribution in [0.5, 0.6) is 0 Å². The Kier molecular flexibility index (Phi) is 5.81. The lowest BCUT2D eigenvalue weighted by atomic mass is 10.2. The fourth-order valence-electron chi connectivity index (χ4n) is 3.11. The summed E-state index contributed by atoms with van der Waals surface area (Å²) in [4.78, 5) is 22.0. The molecule has 0 aromatic carbocycles. The Balaban J connectivity index is 1.88. The molecule has 4 heterocycles. The van der Waals surface area contributed by atoms with Crippen LogP contribution in [0.1, 0.15) is 25.1 Å². The largest absolute Gasteiger partial charge is 0.421 e. The highest BCUT2D eigenvalue weighted by atomic mass is 32.2. The zero-order valence-corrected chi connectivity index (χ0v) is 19.1. The average molecular weight is 502 g/mol. The van der Waals surface area contributed by atoms with E-state index in [1.54, 1.807) is 12.1 Å². The molecular formula is C20H16F5N5OS2. The lowest BCUT2D eigenvalue weighted by molar-refractivity contribution is -0.138. The Hall–Kier alpha value is -2.80. The van der Waals surface area contributed by atoms with E-state index in [1.165, 1.54) is 35.8 Å². The molecule has 0 saturated heterocycles. The summed E-state index contributed by atoms with van der Waals surface area (Å²) >= 11 is 2.46. The van der Waals surface area contributed by atoms with Crippen molar-refractivity contribution in [3.63, 3.8) is 0 Å². The van der Waals surface area contributed by atoms with E-state index in [0.29, 0.717) is 21.3 Å². The second kappa shape index (κ2) is 8.20. The van der Waals surface area contributed by atoms with E-state index in [2.05, 4.69) is 15.1 Å². The number of nitrogens with zero attached hydrogens (tertiary/aromatic N) is 5. The lowest BCUT2D eigenvalue weighted by Gasteiger charge is -2.09. The van der Waals surface area contributed by atoms with Gasteiger partial charge in [-0.15, -0.1) is 11.8 Å². The van der Waals surface area contributed by atoms with Crippen LogP contribution in [0, 0.1) is 0 Å². The summed E-state index contributed by atoms with van der Waals surface area (Å²) in [6.07, 6.45) is -3.46. The van der Waals surface area contributed by atoms with Gasteiger partial charge in [-0.05, 0) is 30.0 Å². The molecule has 6 nitrogen and oxygen atoms in total. The molecule has 174 valence electrons. The van der Waals surface area contributed by atoms with Crippen LogP contribution in [0.4, 0.5) is 22.0 Å². The van der Waals surface area contributed by atoms with Gasteiger partial charge in [-0.1, -0.05) is 18.3 Å². The van der Waals surface area contributed by atoms with E-state index in [9.17, 15) is 26.7 Å². The second-order valence-electron chi connectivity index (χ2n) is 7.11. The summed E-state index contributed by atoms with van der Waals surface area (Å²) in [5, 5.41) is 4.18. The fourth-order valence-corrected chi connectivity index (χ4v) is 4.94. The molecule has 13 heteroatoms. The minimum Gasteiger partial charge on any atom is -0.301 e. The lowest BCUT2D eigenvalue weighted by Crippen LogP contribution is -2.26. The Morgan fingerprint density at radius 1 is 1.12 bits per heavy atom.